The number of hydrogen-bond acceptors (Lipinski definition) is 4. The molecule has 0 bridgehead atoms. The summed E-state index contributed by atoms with van der Waals surface area (Å²) in [6.07, 6.45) is 0.792. The molecule has 2 aromatic rings. The van der Waals surface area contributed by atoms with Crippen molar-refractivity contribution in [3.8, 4) is 11.5 Å². The molecule has 0 aliphatic heterocycles. The highest BCUT2D eigenvalue weighted by Crippen LogP contribution is 2.27. The second kappa shape index (κ2) is 8.93. The monoisotopic (exact) mass is 328 g/mol. The third-order valence-electron chi connectivity index (χ3n) is 3.79. The minimum absolute atomic E-state index is 0.238. The van der Waals surface area contributed by atoms with Gasteiger partial charge in [-0.15, -0.1) is 0 Å². The minimum Gasteiger partial charge on any atom is -0.493 e. The number of hydrogen-bond donors (Lipinski definition) is 1. The summed E-state index contributed by atoms with van der Waals surface area (Å²) in [5.41, 5.74) is 7.66. The quantitative estimate of drug-likeness (QED) is 0.767. The van der Waals surface area contributed by atoms with Crippen molar-refractivity contribution in [1.29, 1.82) is 0 Å². The molecule has 2 aromatic carbocycles. The second-order valence-corrected chi connectivity index (χ2v) is 5.60. The predicted octanol–water partition coefficient (Wildman–Crippen LogP) is 2.23. The highest BCUT2D eigenvalue weighted by molar-refractivity contribution is 5.75. The molecule has 2 N–H and O–H groups in total. The van der Waals surface area contributed by atoms with Crippen LogP contribution in [0, 0.1) is 0 Å². The summed E-state index contributed by atoms with van der Waals surface area (Å²) in [4.78, 5) is 13.4. The molecule has 0 aliphatic carbocycles. The summed E-state index contributed by atoms with van der Waals surface area (Å²) in [6.45, 7) is 1.66. The van der Waals surface area contributed by atoms with Crippen molar-refractivity contribution in [1.82, 2.24) is 4.90 Å². The predicted molar refractivity (Wildman–Crippen MR) is 94.2 cm³/mol. The van der Waals surface area contributed by atoms with Crippen LogP contribution in [0.25, 0.3) is 0 Å². The van der Waals surface area contributed by atoms with E-state index in [1.807, 2.05) is 53.4 Å². The zero-order valence-corrected chi connectivity index (χ0v) is 14.2. The summed E-state index contributed by atoms with van der Waals surface area (Å²) < 4.78 is 10.6. The van der Waals surface area contributed by atoms with E-state index in [-0.39, 0.29) is 12.5 Å². The van der Waals surface area contributed by atoms with Crippen LogP contribution in [-0.2, 0) is 17.8 Å². The Kier molecular flexibility index (Phi) is 6.63. The number of carbonyl (C=O) groups is 1. The lowest BCUT2D eigenvalue weighted by Crippen LogP contribution is -2.34. The van der Waals surface area contributed by atoms with Crippen LogP contribution < -0.4 is 15.2 Å². The molecular formula is C19H24N2O3. The van der Waals surface area contributed by atoms with E-state index in [2.05, 4.69) is 0 Å². The third-order valence-corrected chi connectivity index (χ3v) is 3.79. The van der Waals surface area contributed by atoms with Crippen molar-refractivity contribution < 1.29 is 14.3 Å². The molecule has 0 unspecified atom stereocenters. The lowest BCUT2D eigenvalue weighted by atomic mass is 10.1. The third kappa shape index (κ3) is 5.28. The van der Waals surface area contributed by atoms with Gasteiger partial charge in [0, 0.05) is 13.1 Å². The van der Waals surface area contributed by atoms with Gasteiger partial charge in [-0.1, -0.05) is 36.4 Å². The maximum atomic E-state index is 11.3. The molecule has 0 radical (unpaired) electrons. The molecule has 1 amide bonds. The van der Waals surface area contributed by atoms with E-state index in [4.69, 9.17) is 15.2 Å². The number of carbonyl (C=O) groups excluding carboxylic acids is 1. The maximum absolute atomic E-state index is 11.3. The number of benzene rings is 2. The summed E-state index contributed by atoms with van der Waals surface area (Å²) >= 11 is 0. The van der Waals surface area contributed by atoms with Gasteiger partial charge in [0.2, 0.25) is 5.91 Å². The van der Waals surface area contributed by atoms with E-state index < -0.39 is 0 Å². The summed E-state index contributed by atoms with van der Waals surface area (Å²) in [7, 11) is 3.24. The Hall–Kier alpha value is -2.53. The zero-order valence-electron chi connectivity index (χ0n) is 14.2. The SMILES string of the molecule is COc1ccc(CCN(CC(N)=O)Cc2ccccc2)cc1OC. The van der Waals surface area contributed by atoms with E-state index in [1.165, 1.54) is 0 Å². The fourth-order valence-corrected chi connectivity index (χ4v) is 2.60. The number of nitrogens with two attached hydrogens (primary N) is 1. The number of amides is 1. The van der Waals surface area contributed by atoms with Gasteiger partial charge in [0.25, 0.3) is 0 Å². The molecule has 0 atom stereocenters. The minimum atomic E-state index is -0.321. The van der Waals surface area contributed by atoms with Crippen LogP contribution in [0.5, 0.6) is 11.5 Å². The van der Waals surface area contributed by atoms with Crippen molar-refractivity contribution in [3.05, 3.63) is 59.7 Å². The van der Waals surface area contributed by atoms with E-state index in [0.717, 1.165) is 24.1 Å². The highest BCUT2D eigenvalue weighted by Gasteiger charge is 2.11. The molecule has 0 spiro atoms. The van der Waals surface area contributed by atoms with Crippen LogP contribution in [-0.4, -0.2) is 38.1 Å². The van der Waals surface area contributed by atoms with Crippen LogP contribution in [0.15, 0.2) is 48.5 Å². The molecule has 5 heteroatoms. The van der Waals surface area contributed by atoms with Crippen molar-refractivity contribution in [2.45, 2.75) is 13.0 Å². The normalized spacial score (nSPS) is 10.6. The Morgan fingerprint density at radius 1 is 1.00 bits per heavy atom. The lowest BCUT2D eigenvalue weighted by Gasteiger charge is -2.21. The first-order valence-electron chi connectivity index (χ1n) is 7.88. The second-order valence-electron chi connectivity index (χ2n) is 5.60. The van der Waals surface area contributed by atoms with Gasteiger partial charge in [-0.25, -0.2) is 0 Å². The van der Waals surface area contributed by atoms with Gasteiger partial charge in [-0.05, 0) is 29.7 Å². The first-order valence-corrected chi connectivity index (χ1v) is 7.88. The summed E-state index contributed by atoms with van der Waals surface area (Å²) in [5.74, 6) is 1.09. The molecular weight excluding hydrogens is 304 g/mol. The number of nitrogens with zero attached hydrogens (tertiary/aromatic N) is 1. The van der Waals surface area contributed by atoms with Crippen LogP contribution in [0.4, 0.5) is 0 Å². The van der Waals surface area contributed by atoms with Crippen molar-refractivity contribution in [3.63, 3.8) is 0 Å². The van der Waals surface area contributed by atoms with E-state index in [9.17, 15) is 4.79 Å². The van der Waals surface area contributed by atoms with E-state index in [0.29, 0.717) is 18.0 Å². The average Bonchev–Trinajstić information content (AvgIpc) is 2.59. The fourth-order valence-electron chi connectivity index (χ4n) is 2.60. The number of rotatable bonds is 9. The van der Waals surface area contributed by atoms with Gasteiger partial charge in [-0.3, -0.25) is 9.69 Å². The van der Waals surface area contributed by atoms with Crippen LogP contribution in [0.3, 0.4) is 0 Å². The summed E-state index contributed by atoms with van der Waals surface area (Å²) in [5, 5.41) is 0. The molecule has 0 saturated carbocycles. The zero-order chi connectivity index (χ0) is 17.4. The molecule has 0 aliphatic rings. The molecule has 0 heterocycles. The van der Waals surface area contributed by atoms with Crippen LogP contribution in [0.2, 0.25) is 0 Å². The number of ether oxygens (including phenoxy) is 2. The highest BCUT2D eigenvalue weighted by atomic mass is 16.5. The van der Waals surface area contributed by atoms with Crippen LogP contribution in [0.1, 0.15) is 11.1 Å². The fraction of sp³-hybridized carbons (Fsp3) is 0.316. The smallest absolute Gasteiger partial charge is 0.231 e. The van der Waals surface area contributed by atoms with E-state index >= 15 is 0 Å². The van der Waals surface area contributed by atoms with Gasteiger partial charge in [0.1, 0.15) is 0 Å². The van der Waals surface area contributed by atoms with Crippen LogP contribution >= 0.6 is 0 Å². The van der Waals surface area contributed by atoms with Crippen molar-refractivity contribution in [2.24, 2.45) is 5.73 Å². The maximum Gasteiger partial charge on any atom is 0.231 e. The Morgan fingerprint density at radius 3 is 2.33 bits per heavy atom. The van der Waals surface area contributed by atoms with Gasteiger partial charge in [0.05, 0.1) is 20.8 Å². The standard InChI is InChI=1S/C19H24N2O3/c1-23-17-9-8-15(12-18(17)24-2)10-11-21(14-19(20)22)13-16-6-4-3-5-7-16/h3-9,12H,10-11,13-14H2,1-2H3,(H2,20,22). The molecule has 0 fully saturated rings. The number of methoxy groups -OCH3 is 2. The largest absolute Gasteiger partial charge is 0.493 e. The Morgan fingerprint density at radius 2 is 1.71 bits per heavy atom. The molecule has 128 valence electrons. The molecule has 0 saturated heterocycles. The molecule has 2 rings (SSSR count). The Balaban J connectivity index is 2.03. The van der Waals surface area contributed by atoms with E-state index in [1.54, 1.807) is 14.2 Å². The topological polar surface area (TPSA) is 64.8 Å². The Bertz CT molecular complexity index is 659. The van der Waals surface area contributed by atoms with Gasteiger partial charge in [-0.2, -0.15) is 0 Å². The average molecular weight is 328 g/mol. The first-order chi connectivity index (χ1) is 11.6. The van der Waals surface area contributed by atoms with Gasteiger partial charge in [0.15, 0.2) is 11.5 Å². The summed E-state index contributed by atoms with van der Waals surface area (Å²) in [6, 6.07) is 15.9. The molecule has 5 nitrogen and oxygen atoms in total. The van der Waals surface area contributed by atoms with Gasteiger partial charge >= 0.3 is 0 Å². The Labute approximate surface area is 143 Å². The van der Waals surface area contributed by atoms with Gasteiger partial charge < -0.3 is 15.2 Å². The molecule has 0 aromatic heterocycles. The first kappa shape index (κ1) is 17.8. The lowest BCUT2D eigenvalue weighted by molar-refractivity contribution is -0.119. The van der Waals surface area contributed by atoms with Crippen molar-refractivity contribution >= 4 is 5.91 Å². The number of primary amides is 1. The molecule has 24 heavy (non-hydrogen) atoms. The van der Waals surface area contributed by atoms with Crippen molar-refractivity contribution in [2.75, 3.05) is 27.3 Å².